The summed E-state index contributed by atoms with van der Waals surface area (Å²) in [6.07, 6.45) is 0.0957. The van der Waals surface area contributed by atoms with Gasteiger partial charge in [0.1, 0.15) is 0 Å². The molecule has 0 aliphatic heterocycles. The van der Waals surface area contributed by atoms with Crippen molar-refractivity contribution in [1.29, 1.82) is 0 Å². The van der Waals surface area contributed by atoms with Gasteiger partial charge in [-0.2, -0.15) is 0 Å². The number of benzene rings is 1. The van der Waals surface area contributed by atoms with Crippen LogP contribution in [0, 0.1) is 12.3 Å². The Hall–Kier alpha value is -1.45. The van der Waals surface area contributed by atoms with E-state index in [9.17, 15) is 0 Å². The number of nitrogens with zero attached hydrogens (tertiary/aromatic N) is 1. The monoisotopic (exact) mass is 286 g/mol. The highest BCUT2D eigenvalue weighted by molar-refractivity contribution is 5.79. The van der Waals surface area contributed by atoms with Crippen molar-refractivity contribution in [3.05, 3.63) is 41.6 Å². The number of rotatable bonds is 4. The number of hydrogen-bond donors (Lipinski definition) is 1. The zero-order chi connectivity index (χ0) is 15.6. The number of methoxy groups -OCH3 is 1. The average Bonchev–Trinajstić information content (AvgIpc) is 2.42. The van der Waals surface area contributed by atoms with Crippen LogP contribution in [-0.2, 0) is 4.74 Å². The van der Waals surface area contributed by atoms with E-state index in [0.717, 1.165) is 11.2 Å². The smallest absolute Gasteiger partial charge is 0.0813 e. The average molecular weight is 286 g/mol. The Morgan fingerprint density at radius 2 is 1.86 bits per heavy atom. The molecule has 3 heteroatoms. The molecule has 1 heterocycles. The van der Waals surface area contributed by atoms with Gasteiger partial charge < -0.3 is 10.1 Å². The molecule has 1 aromatic carbocycles. The lowest BCUT2D eigenvalue weighted by Crippen LogP contribution is -2.40. The minimum absolute atomic E-state index is 0.0584. The van der Waals surface area contributed by atoms with Gasteiger partial charge in [0, 0.05) is 18.2 Å². The molecule has 0 bridgehead atoms. The van der Waals surface area contributed by atoms with Crippen LogP contribution in [0.15, 0.2) is 30.3 Å². The van der Waals surface area contributed by atoms with Crippen LogP contribution in [0.4, 0.5) is 0 Å². The maximum atomic E-state index is 5.78. The molecule has 2 rings (SSSR count). The van der Waals surface area contributed by atoms with Crippen LogP contribution in [0.1, 0.15) is 38.1 Å². The number of aryl methyl sites for hydroxylation is 1. The number of nitrogens with one attached hydrogen (secondary N) is 1. The standard InChI is InChI=1S/C18H26N2O/c1-12-7-8-13-11-14(9-10-15(13)20-12)16(19-5)17(21-6)18(2,3)4/h7-11,16-17,19H,1-6H3. The third-order valence-corrected chi connectivity index (χ3v) is 3.93. The molecule has 0 fully saturated rings. The highest BCUT2D eigenvalue weighted by Crippen LogP contribution is 2.33. The second kappa shape index (κ2) is 6.12. The van der Waals surface area contributed by atoms with Crippen molar-refractivity contribution in [2.75, 3.05) is 14.2 Å². The number of ether oxygens (including phenoxy) is 1. The highest BCUT2D eigenvalue weighted by atomic mass is 16.5. The zero-order valence-corrected chi connectivity index (χ0v) is 13.9. The molecule has 0 radical (unpaired) electrons. The molecule has 3 nitrogen and oxygen atoms in total. The number of hydrogen-bond acceptors (Lipinski definition) is 3. The van der Waals surface area contributed by atoms with Crippen molar-refractivity contribution in [2.45, 2.75) is 39.8 Å². The van der Waals surface area contributed by atoms with E-state index >= 15 is 0 Å². The lowest BCUT2D eigenvalue weighted by molar-refractivity contribution is -0.0101. The van der Waals surface area contributed by atoms with Gasteiger partial charge in [0.2, 0.25) is 0 Å². The van der Waals surface area contributed by atoms with Gasteiger partial charge in [-0.05, 0) is 43.1 Å². The summed E-state index contributed by atoms with van der Waals surface area (Å²) in [7, 11) is 3.77. The van der Waals surface area contributed by atoms with E-state index in [0.29, 0.717) is 0 Å². The molecular weight excluding hydrogens is 260 g/mol. The molecule has 2 atom stereocenters. The van der Waals surface area contributed by atoms with E-state index in [1.807, 2.05) is 14.0 Å². The minimum atomic E-state index is 0.0584. The summed E-state index contributed by atoms with van der Waals surface area (Å²) in [4.78, 5) is 4.56. The van der Waals surface area contributed by atoms with Gasteiger partial charge >= 0.3 is 0 Å². The van der Waals surface area contributed by atoms with Crippen molar-refractivity contribution in [3.63, 3.8) is 0 Å². The third-order valence-electron chi connectivity index (χ3n) is 3.93. The first-order valence-corrected chi connectivity index (χ1v) is 7.44. The molecule has 0 amide bonds. The maximum Gasteiger partial charge on any atom is 0.0813 e. The van der Waals surface area contributed by atoms with Gasteiger partial charge in [-0.25, -0.2) is 0 Å². The van der Waals surface area contributed by atoms with Crippen LogP contribution in [0.2, 0.25) is 0 Å². The number of likely N-dealkylation sites (N-methyl/N-ethyl adjacent to an activating group) is 1. The van der Waals surface area contributed by atoms with Crippen LogP contribution in [0.25, 0.3) is 10.9 Å². The third kappa shape index (κ3) is 3.42. The normalized spacial score (nSPS) is 15.1. The summed E-state index contributed by atoms with van der Waals surface area (Å²) in [6.45, 7) is 8.64. The van der Waals surface area contributed by atoms with Crippen LogP contribution >= 0.6 is 0 Å². The molecule has 1 aromatic heterocycles. The van der Waals surface area contributed by atoms with Crippen molar-refractivity contribution in [2.24, 2.45) is 5.41 Å². The van der Waals surface area contributed by atoms with Crippen LogP contribution < -0.4 is 5.32 Å². The Bertz CT molecular complexity index is 616. The number of fused-ring (bicyclic) bond motifs is 1. The summed E-state index contributed by atoms with van der Waals surface area (Å²) in [6, 6.07) is 10.8. The lowest BCUT2D eigenvalue weighted by atomic mass is 9.82. The molecule has 0 saturated carbocycles. The summed E-state index contributed by atoms with van der Waals surface area (Å²) in [5.74, 6) is 0. The van der Waals surface area contributed by atoms with E-state index in [4.69, 9.17) is 4.74 Å². The maximum absolute atomic E-state index is 5.78. The Kier molecular flexibility index (Phi) is 4.64. The van der Waals surface area contributed by atoms with Gasteiger partial charge in [-0.15, -0.1) is 0 Å². The predicted molar refractivity (Wildman–Crippen MR) is 88.5 cm³/mol. The molecule has 21 heavy (non-hydrogen) atoms. The molecule has 0 aliphatic carbocycles. The van der Waals surface area contributed by atoms with Crippen LogP contribution in [-0.4, -0.2) is 25.2 Å². The van der Waals surface area contributed by atoms with Crippen molar-refractivity contribution in [3.8, 4) is 0 Å². The van der Waals surface area contributed by atoms with E-state index < -0.39 is 0 Å². The molecular formula is C18H26N2O. The van der Waals surface area contributed by atoms with Gasteiger partial charge in [-0.1, -0.05) is 32.9 Å². The molecule has 2 aromatic rings. The summed E-state index contributed by atoms with van der Waals surface area (Å²) in [5, 5.41) is 4.58. The number of aromatic nitrogens is 1. The van der Waals surface area contributed by atoms with Crippen molar-refractivity contribution in [1.82, 2.24) is 10.3 Å². The molecule has 114 valence electrons. The van der Waals surface area contributed by atoms with Gasteiger partial charge in [0.05, 0.1) is 17.7 Å². The molecule has 2 unspecified atom stereocenters. The molecule has 1 N–H and O–H groups in total. The Morgan fingerprint density at radius 3 is 2.43 bits per heavy atom. The van der Waals surface area contributed by atoms with Crippen molar-refractivity contribution >= 4 is 10.9 Å². The quantitative estimate of drug-likeness (QED) is 0.926. The number of pyridine rings is 1. The summed E-state index contributed by atoms with van der Waals surface area (Å²) in [5.41, 5.74) is 3.38. The second-order valence-corrected chi connectivity index (χ2v) is 6.69. The van der Waals surface area contributed by atoms with E-state index in [1.165, 1.54) is 10.9 Å². The summed E-state index contributed by atoms with van der Waals surface area (Å²) >= 11 is 0. The fourth-order valence-corrected chi connectivity index (χ4v) is 2.92. The molecule has 0 aliphatic rings. The minimum Gasteiger partial charge on any atom is -0.379 e. The Morgan fingerprint density at radius 1 is 1.14 bits per heavy atom. The topological polar surface area (TPSA) is 34.2 Å². The fourth-order valence-electron chi connectivity index (χ4n) is 2.92. The highest BCUT2D eigenvalue weighted by Gasteiger charge is 2.32. The van der Waals surface area contributed by atoms with Crippen LogP contribution in [0.3, 0.4) is 0 Å². The fraction of sp³-hybridized carbons (Fsp3) is 0.500. The zero-order valence-electron chi connectivity index (χ0n) is 13.9. The molecule has 0 saturated heterocycles. The first-order valence-electron chi connectivity index (χ1n) is 7.44. The van der Waals surface area contributed by atoms with E-state index in [1.54, 1.807) is 7.11 Å². The van der Waals surface area contributed by atoms with E-state index in [-0.39, 0.29) is 17.6 Å². The largest absolute Gasteiger partial charge is 0.379 e. The summed E-state index contributed by atoms with van der Waals surface area (Å²) < 4.78 is 5.78. The first-order chi connectivity index (χ1) is 9.86. The van der Waals surface area contributed by atoms with Crippen LogP contribution in [0.5, 0.6) is 0 Å². The Labute approximate surface area is 127 Å². The van der Waals surface area contributed by atoms with Crippen molar-refractivity contribution < 1.29 is 4.74 Å². The van der Waals surface area contributed by atoms with Gasteiger partial charge in [0.25, 0.3) is 0 Å². The lowest BCUT2D eigenvalue weighted by Gasteiger charge is -2.36. The first kappa shape index (κ1) is 15.9. The van der Waals surface area contributed by atoms with E-state index in [2.05, 4.69) is 61.4 Å². The molecule has 0 spiro atoms. The second-order valence-electron chi connectivity index (χ2n) is 6.69. The predicted octanol–water partition coefficient (Wildman–Crippen LogP) is 3.86. The Balaban J connectivity index is 2.44. The van der Waals surface area contributed by atoms with Gasteiger partial charge in [0.15, 0.2) is 0 Å². The van der Waals surface area contributed by atoms with Gasteiger partial charge in [-0.3, -0.25) is 4.98 Å². The SMILES string of the molecule is CNC(c1ccc2nc(C)ccc2c1)C(OC)C(C)(C)C.